The van der Waals surface area contributed by atoms with Gasteiger partial charge in [0.1, 0.15) is 5.75 Å². The monoisotopic (exact) mass is 475 g/mol. The Balaban J connectivity index is 1.58. The summed E-state index contributed by atoms with van der Waals surface area (Å²) in [5, 5.41) is 19.6. The molecular weight excluding hydrogens is 450 g/mol. The van der Waals surface area contributed by atoms with Crippen molar-refractivity contribution in [3.05, 3.63) is 64.3 Å². The van der Waals surface area contributed by atoms with Gasteiger partial charge in [-0.1, -0.05) is 29.8 Å². The zero-order valence-corrected chi connectivity index (χ0v) is 19.2. The lowest BCUT2D eigenvalue weighted by atomic mass is 9.59. The van der Waals surface area contributed by atoms with Crippen molar-refractivity contribution in [3.8, 4) is 5.75 Å². The van der Waals surface area contributed by atoms with Crippen LogP contribution in [0.1, 0.15) is 44.1 Å². The van der Waals surface area contributed by atoms with Crippen LogP contribution in [0.4, 0.5) is 0 Å². The Labute approximate surface area is 201 Å². The van der Waals surface area contributed by atoms with Crippen LogP contribution in [-0.4, -0.2) is 51.0 Å². The number of hydrogen-bond acceptors (Lipinski definition) is 6. The van der Waals surface area contributed by atoms with Crippen molar-refractivity contribution < 1.29 is 34.2 Å². The minimum atomic E-state index is -0.994. The molecule has 1 fully saturated rings. The molecular formula is C27H25NO7. The second kappa shape index (κ2) is 8.45. The average Bonchev–Trinajstić information content (AvgIpc) is 3.06. The van der Waals surface area contributed by atoms with Crippen LogP contribution in [0.5, 0.6) is 5.75 Å². The summed E-state index contributed by atoms with van der Waals surface area (Å²) in [6.45, 7) is 1.63. The Morgan fingerprint density at radius 2 is 1.83 bits per heavy atom. The number of hydrogen-bond donors (Lipinski definition) is 2. The van der Waals surface area contributed by atoms with Crippen LogP contribution in [0.25, 0.3) is 0 Å². The molecule has 8 heteroatoms. The molecule has 4 atom stereocenters. The number of nitrogens with zero attached hydrogens (tertiary/aromatic N) is 1. The molecule has 1 heterocycles. The number of rotatable bonds is 5. The number of imide groups is 1. The molecule has 1 aromatic rings. The molecule has 1 aliphatic heterocycles. The van der Waals surface area contributed by atoms with Gasteiger partial charge in [-0.3, -0.25) is 28.9 Å². The van der Waals surface area contributed by atoms with Crippen molar-refractivity contribution in [3.63, 3.8) is 0 Å². The number of carbonyl (C=O) groups is 5. The largest absolute Gasteiger partial charge is 0.508 e. The predicted molar refractivity (Wildman–Crippen MR) is 123 cm³/mol. The molecule has 0 bridgehead atoms. The predicted octanol–water partition coefficient (Wildman–Crippen LogP) is 2.69. The van der Waals surface area contributed by atoms with Crippen molar-refractivity contribution in [2.75, 3.05) is 6.54 Å². The first kappa shape index (κ1) is 23.0. The third-order valence-electron chi connectivity index (χ3n) is 7.68. The van der Waals surface area contributed by atoms with Crippen molar-refractivity contribution in [1.82, 2.24) is 4.90 Å². The Kier molecular flexibility index (Phi) is 5.54. The highest BCUT2D eigenvalue weighted by Gasteiger charge is 2.56. The Hall–Kier alpha value is -3.81. The molecule has 3 aliphatic carbocycles. The smallest absolute Gasteiger partial charge is 0.303 e. The van der Waals surface area contributed by atoms with Crippen LogP contribution in [-0.2, 0) is 24.0 Å². The van der Waals surface area contributed by atoms with E-state index in [4.69, 9.17) is 5.11 Å². The molecule has 0 aromatic heterocycles. The number of ketones is 2. The fourth-order valence-electron chi connectivity index (χ4n) is 6.12. The number of carboxylic acids is 1. The van der Waals surface area contributed by atoms with E-state index in [0.29, 0.717) is 28.7 Å². The normalized spacial score (nSPS) is 27.9. The molecule has 1 saturated heterocycles. The second-order valence-corrected chi connectivity index (χ2v) is 9.61. The van der Waals surface area contributed by atoms with Gasteiger partial charge in [0.2, 0.25) is 11.8 Å². The number of phenolic OH excluding ortho intramolecular Hbond substituents is 1. The summed E-state index contributed by atoms with van der Waals surface area (Å²) in [6.07, 6.45) is 3.71. The molecule has 2 amide bonds. The summed E-state index contributed by atoms with van der Waals surface area (Å²) in [6, 6.07) is 6.66. The van der Waals surface area contributed by atoms with Gasteiger partial charge in [0.05, 0.1) is 11.8 Å². The maximum Gasteiger partial charge on any atom is 0.303 e. The van der Waals surface area contributed by atoms with Crippen LogP contribution in [0.2, 0.25) is 0 Å². The van der Waals surface area contributed by atoms with Gasteiger partial charge in [-0.25, -0.2) is 0 Å². The molecule has 5 rings (SSSR count). The number of aromatic hydroxyl groups is 1. The number of Topliss-reactive ketones (excluding diaryl/α,β-unsaturated/α-hetero) is 1. The van der Waals surface area contributed by atoms with Gasteiger partial charge < -0.3 is 10.2 Å². The zero-order valence-electron chi connectivity index (χ0n) is 19.2. The average molecular weight is 475 g/mol. The lowest BCUT2D eigenvalue weighted by Crippen LogP contribution is -2.40. The van der Waals surface area contributed by atoms with Crippen LogP contribution >= 0.6 is 0 Å². The van der Waals surface area contributed by atoms with Crippen LogP contribution < -0.4 is 0 Å². The van der Waals surface area contributed by atoms with Gasteiger partial charge in [0, 0.05) is 41.2 Å². The molecule has 0 radical (unpaired) electrons. The maximum absolute atomic E-state index is 13.5. The van der Waals surface area contributed by atoms with E-state index in [1.807, 2.05) is 6.08 Å². The first-order valence-electron chi connectivity index (χ1n) is 11.8. The summed E-state index contributed by atoms with van der Waals surface area (Å²) in [5.74, 6) is -4.65. The molecule has 35 heavy (non-hydrogen) atoms. The summed E-state index contributed by atoms with van der Waals surface area (Å²) in [4.78, 5) is 64.9. The summed E-state index contributed by atoms with van der Waals surface area (Å²) < 4.78 is 0. The van der Waals surface area contributed by atoms with Gasteiger partial charge in [-0.15, -0.1) is 0 Å². The first-order chi connectivity index (χ1) is 16.7. The van der Waals surface area contributed by atoms with E-state index in [1.54, 1.807) is 25.1 Å². The molecule has 0 saturated carbocycles. The van der Waals surface area contributed by atoms with Crippen LogP contribution in [0, 0.1) is 17.8 Å². The number of amides is 2. The standard InChI is InChI=1S/C27H25NO7/c1-13-11-20(30)18-12-17-14(22(24(18)25(13)33)15-5-2-3-6-19(15)29)8-9-16-23(17)27(35)28(26(16)34)10-4-7-21(31)32/h2-3,5-6,8,11,16-17,22-23,29H,4,7,9-10,12H2,1H3,(H,31,32)/t16-,17+,22+,23-/m0/s1. The van der Waals surface area contributed by atoms with Crippen molar-refractivity contribution in [1.29, 1.82) is 0 Å². The highest BCUT2D eigenvalue weighted by atomic mass is 16.4. The van der Waals surface area contributed by atoms with Gasteiger partial charge in [-0.2, -0.15) is 0 Å². The molecule has 0 spiro atoms. The van der Waals surface area contributed by atoms with E-state index in [9.17, 15) is 29.1 Å². The summed E-state index contributed by atoms with van der Waals surface area (Å²) >= 11 is 0. The SMILES string of the molecule is CC1=CC(=O)C2=C(C1=O)[C@@H](c1ccccc1O)C1=CC[C@@H]3C(=O)N(CCCC(=O)O)C(=O)[C@@H]3[C@@H]1C2. The van der Waals surface area contributed by atoms with Gasteiger partial charge in [0.25, 0.3) is 0 Å². The van der Waals surface area contributed by atoms with E-state index in [2.05, 4.69) is 0 Å². The molecule has 1 aromatic carbocycles. The molecule has 4 aliphatic rings. The second-order valence-electron chi connectivity index (χ2n) is 9.61. The van der Waals surface area contributed by atoms with E-state index in [1.165, 1.54) is 12.1 Å². The number of carboxylic acid groups (broad SMARTS) is 1. The molecule has 180 valence electrons. The van der Waals surface area contributed by atoms with E-state index in [-0.39, 0.29) is 54.9 Å². The zero-order chi connectivity index (χ0) is 25.0. The highest BCUT2D eigenvalue weighted by molar-refractivity contribution is 6.23. The number of likely N-dealkylation sites (tertiary alicyclic amines) is 1. The van der Waals surface area contributed by atoms with Gasteiger partial charge in [-0.05, 0) is 44.2 Å². The van der Waals surface area contributed by atoms with Crippen molar-refractivity contribution in [2.45, 2.75) is 38.5 Å². The minimum Gasteiger partial charge on any atom is -0.508 e. The van der Waals surface area contributed by atoms with Crippen molar-refractivity contribution in [2.24, 2.45) is 17.8 Å². The van der Waals surface area contributed by atoms with Crippen molar-refractivity contribution >= 4 is 29.4 Å². The van der Waals surface area contributed by atoms with E-state index in [0.717, 1.165) is 10.5 Å². The minimum absolute atomic E-state index is 0.00963. The van der Waals surface area contributed by atoms with Gasteiger partial charge in [0.15, 0.2) is 11.6 Å². The number of fused-ring (bicyclic) bond motifs is 3. The number of benzene rings is 1. The number of para-hydroxylation sites is 1. The van der Waals surface area contributed by atoms with E-state index >= 15 is 0 Å². The summed E-state index contributed by atoms with van der Waals surface area (Å²) in [7, 11) is 0. The molecule has 2 N–H and O–H groups in total. The fraction of sp³-hybridized carbons (Fsp3) is 0.370. The summed E-state index contributed by atoms with van der Waals surface area (Å²) in [5.41, 5.74) is 2.27. The Morgan fingerprint density at radius 1 is 1.09 bits per heavy atom. The first-order valence-corrected chi connectivity index (χ1v) is 11.8. The number of allylic oxidation sites excluding steroid dienone is 6. The van der Waals surface area contributed by atoms with Gasteiger partial charge >= 0.3 is 5.97 Å². The highest BCUT2D eigenvalue weighted by Crippen LogP contribution is 2.56. The lowest BCUT2D eigenvalue weighted by molar-refractivity contribution is -0.142. The Morgan fingerprint density at radius 3 is 2.54 bits per heavy atom. The maximum atomic E-state index is 13.5. The third kappa shape index (κ3) is 3.55. The fourth-order valence-corrected chi connectivity index (χ4v) is 6.12. The number of phenols is 1. The lowest BCUT2D eigenvalue weighted by Gasteiger charge is -2.42. The third-order valence-corrected chi connectivity index (χ3v) is 7.68. The van der Waals surface area contributed by atoms with Crippen LogP contribution in [0.3, 0.4) is 0 Å². The Bertz CT molecular complexity index is 1280. The topological polar surface area (TPSA) is 129 Å². The van der Waals surface area contributed by atoms with Crippen LogP contribution in [0.15, 0.2) is 58.7 Å². The molecule has 0 unspecified atom stereocenters. The number of aliphatic carboxylic acids is 1. The van der Waals surface area contributed by atoms with E-state index < -0.39 is 29.6 Å². The molecule has 8 nitrogen and oxygen atoms in total. The quantitative estimate of drug-likeness (QED) is 0.381. The number of carbonyl (C=O) groups excluding carboxylic acids is 4.